The van der Waals surface area contributed by atoms with E-state index in [1.54, 1.807) is 4.90 Å². The summed E-state index contributed by atoms with van der Waals surface area (Å²) in [6, 6.07) is 14.2. The van der Waals surface area contributed by atoms with Gasteiger partial charge in [0.1, 0.15) is 19.1 Å². The van der Waals surface area contributed by atoms with E-state index in [9.17, 15) is 4.79 Å². The number of imidazole rings is 1. The predicted octanol–water partition coefficient (Wildman–Crippen LogP) is 4.89. The molecule has 0 atom stereocenters. The van der Waals surface area contributed by atoms with E-state index in [2.05, 4.69) is 37.5 Å². The number of rotatable bonds is 9. The molecule has 1 amide bonds. The molecule has 154 valence electrons. The van der Waals surface area contributed by atoms with E-state index in [1.165, 1.54) is 0 Å². The van der Waals surface area contributed by atoms with Gasteiger partial charge in [0.2, 0.25) is 5.91 Å². The van der Waals surface area contributed by atoms with Gasteiger partial charge in [-0.2, -0.15) is 0 Å². The molecule has 0 fully saturated rings. The fourth-order valence-corrected chi connectivity index (χ4v) is 3.77. The van der Waals surface area contributed by atoms with Crippen LogP contribution in [0, 0.1) is 6.92 Å². The minimum Gasteiger partial charge on any atom is -0.361 e. The molecule has 1 aromatic heterocycles. The van der Waals surface area contributed by atoms with Gasteiger partial charge in [-0.05, 0) is 49.9 Å². The van der Waals surface area contributed by atoms with Crippen molar-refractivity contribution in [2.45, 2.75) is 53.5 Å². The van der Waals surface area contributed by atoms with Crippen LogP contribution in [0.2, 0.25) is 0 Å². The van der Waals surface area contributed by atoms with Crippen molar-refractivity contribution in [3.05, 3.63) is 59.4 Å². The van der Waals surface area contributed by atoms with E-state index in [1.807, 2.05) is 37.3 Å². The number of benzene rings is 2. The summed E-state index contributed by atoms with van der Waals surface area (Å²) < 4.78 is 7.75. The number of nitrogens with zero attached hydrogens (tertiary/aromatic N) is 3. The first-order valence-corrected chi connectivity index (χ1v) is 10.5. The lowest BCUT2D eigenvalue weighted by Crippen LogP contribution is -2.37. The van der Waals surface area contributed by atoms with Gasteiger partial charge in [0.25, 0.3) is 0 Å². The maximum Gasteiger partial charge on any atom is 0.248 e. The Morgan fingerprint density at radius 2 is 1.90 bits per heavy atom. The summed E-state index contributed by atoms with van der Waals surface area (Å²) in [5.41, 5.74) is 5.14. The molecule has 5 nitrogen and oxygen atoms in total. The quantitative estimate of drug-likeness (QED) is 0.487. The van der Waals surface area contributed by atoms with Crippen molar-refractivity contribution in [3.8, 4) is 0 Å². The Morgan fingerprint density at radius 3 is 2.62 bits per heavy atom. The largest absolute Gasteiger partial charge is 0.361 e. The Hall–Kier alpha value is -2.66. The van der Waals surface area contributed by atoms with E-state index < -0.39 is 0 Å². The van der Waals surface area contributed by atoms with Gasteiger partial charge < -0.3 is 9.30 Å². The van der Waals surface area contributed by atoms with Gasteiger partial charge in [0, 0.05) is 13.0 Å². The highest BCUT2D eigenvalue weighted by atomic mass is 16.5. The fourth-order valence-electron chi connectivity index (χ4n) is 3.77. The minimum absolute atomic E-state index is 0.0166. The number of aryl methyl sites for hydroxylation is 3. The first-order valence-electron chi connectivity index (χ1n) is 10.5. The third kappa shape index (κ3) is 4.51. The summed E-state index contributed by atoms with van der Waals surface area (Å²) in [4.78, 5) is 20.1. The lowest BCUT2D eigenvalue weighted by molar-refractivity contribution is -0.120. The zero-order valence-corrected chi connectivity index (χ0v) is 17.9. The third-order valence-electron chi connectivity index (χ3n) is 5.20. The van der Waals surface area contributed by atoms with Crippen LogP contribution in [0.3, 0.4) is 0 Å². The first kappa shape index (κ1) is 21.1. The number of fused-ring (bicyclic) bond motifs is 1. The van der Waals surface area contributed by atoms with Crippen LogP contribution in [0.5, 0.6) is 0 Å². The Balaban J connectivity index is 2.00. The number of anilines is 1. The van der Waals surface area contributed by atoms with Crippen molar-refractivity contribution < 1.29 is 9.53 Å². The van der Waals surface area contributed by atoms with Gasteiger partial charge in [-0.3, -0.25) is 9.69 Å². The highest BCUT2D eigenvalue weighted by molar-refractivity contribution is 5.95. The van der Waals surface area contributed by atoms with Crippen molar-refractivity contribution in [2.24, 2.45) is 0 Å². The monoisotopic (exact) mass is 393 g/mol. The molecular weight excluding hydrogens is 362 g/mol. The number of hydrogen-bond donors (Lipinski definition) is 0. The zero-order valence-electron chi connectivity index (χ0n) is 17.9. The molecule has 29 heavy (non-hydrogen) atoms. The molecule has 0 spiro atoms. The molecular formula is C24H31N3O2. The summed E-state index contributed by atoms with van der Waals surface area (Å²) >= 11 is 0. The molecule has 0 saturated carbocycles. The lowest BCUT2D eigenvalue weighted by Gasteiger charge is -2.27. The van der Waals surface area contributed by atoms with Crippen LogP contribution in [0.4, 0.5) is 5.69 Å². The number of carbonyl (C=O) groups excluding carboxylic acids is 1. The van der Waals surface area contributed by atoms with Crippen LogP contribution in [-0.2, 0) is 28.9 Å². The summed E-state index contributed by atoms with van der Waals surface area (Å²) in [7, 11) is 0. The highest BCUT2D eigenvalue weighted by Gasteiger charge is 2.22. The van der Waals surface area contributed by atoms with Gasteiger partial charge in [0.15, 0.2) is 0 Å². The van der Waals surface area contributed by atoms with Gasteiger partial charge in [0.05, 0.1) is 16.7 Å². The average Bonchev–Trinajstić information content (AvgIpc) is 3.06. The number of ether oxygens (including phenoxy) is 1. The second kappa shape index (κ2) is 9.70. The summed E-state index contributed by atoms with van der Waals surface area (Å²) in [6.07, 6.45) is 2.69. The topological polar surface area (TPSA) is 47.4 Å². The second-order valence-electron chi connectivity index (χ2n) is 7.23. The summed E-state index contributed by atoms with van der Waals surface area (Å²) in [5, 5.41) is 0. The standard InChI is InChI=1S/C24H31N3O2/c1-5-11-22-25-20-14-8-9-15-21(20)26(22)16-23(28)27(17-29-7-3)24-18(4)12-10-13-19(24)6-2/h8-10,12-15H,5-7,11,16-17H2,1-4H3. The van der Waals surface area contributed by atoms with Crippen LogP contribution < -0.4 is 4.90 Å². The van der Waals surface area contributed by atoms with Crippen molar-refractivity contribution in [1.82, 2.24) is 9.55 Å². The van der Waals surface area contributed by atoms with Crippen molar-refractivity contribution in [3.63, 3.8) is 0 Å². The van der Waals surface area contributed by atoms with E-state index >= 15 is 0 Å². The van der Waals surface area contributed by atoms with E-state index in [4.69, 9.17) is 9.72 Å². The van der Waals surface area contributed by atoms with Gasteiger partial charge in [-0.1, -0.05) is 44.2 Å². The van der Waals surface area contributed by atoms with Gasteiger partial charge in [-0.25, -0.2) is 4.98 Å². The van der Waals surface area contributed by atoms with Crippen LogP contribution >= 0.6 is 0 Å². The fraction of sp³-hybridized carbons (Fsp3) is 0.417. The molecule has 0 aliphatic carbocycles. The molecule has 2 aromatic carbocycles. The van der Waals surface area contributed by atoms with Crippen LogP contribution in [0.25, 0.3) is 11.0 Å². The number of hydrogen-bond acceptors (Lipinski definition) is 3. The van der Waals surface area contributed by atoms with Crippen LogP contribution in [0.1, 0.15) is 44.1 Å². The maximum absolute atomic E-state index is 13.5. The normalized spacial score (nSPS) is 11.2. The maximum atomic E-state index is 13.5. The van der Waals surface area contributed by atoms with Gasteiger partial charge >= 0.3 is 0 Å². The molecule has 0 saturated heterocycles. The molecule has 3 rings (SSSR count). The van der Waals surface area contributed by atoms with Crippen molar-refractivity contribution in [1.29, 1.82) is 0 Å². The second-order valence-corrected chi connectivity index (χ2v) is 7.23. The third-order valence-corrected chi connectivity index (χ3v) is 5.20. The molecule has 0 radical (unpaired) electrons. The average molecular weight is 394 g/mol. The highest BCUT2D eigenvalue weighted by Crippen LogP contribution is 2.27. The van der Waals surface area contributed by atoms with E-state index in [-0.39, 0.29) is 19.2 Å². The van der Waals surface area contributed by atoms with Crippen LogP contribution in [0.15, 0.2) is 42.5 Å². The molecule has 0 aliphatic heterocycles. The number of para-hydroxylation sites is 3. The van der Waals surface area contributed by atoms with E-state index in [0.29, 0.717) is 6.61 Å². The Kier molecular flexibility index (Phi) is 7.04. The summed E-state index contributed by atoms with van der Waals surface area (Å²) in [5.74, 6) is 0.974. The Labute approximate surface area is 173 Å². The van der Waals surface area contributed by atoms with Crippen molar-refractivity contribution >= 4 is 22.6 Å². The number of amides is 1. The SMILES string of the molecule is CCCc1nc2ccccc2n1CC(=O)N(COCC)c1c(C)cccc1CC. The number of carbonyl (C=O) groups is 1. The molecule has 0 aliphatic rings. The van der Waals surface area contributed by atoms with Gasteiger partial charge in [-0.15, -0.1) is 0 Å². The molecule has 0 N–H and O–H groups in total. The molecule has 1 heterocycles. The molecule has 0 bridgehead atoms. The molecule has 3 aromatic rings. The Bertz CT molecular complexity index is 977. The Morgan fingerprint density at radius 1 is 1.10 bits per heavy atom. The number of aromatic nitrogens is 2. The summed E-state index contributed by atoms with van der Waals surface area (Å²) in [6.45, 7) is 9.31. The van der Waals surface area contributed by atoms with Crippen LogP contribution in [-0.4, -0.2) is 28.8 Å². The molecule has 0 unspecified atom stereocenters. The predicted molar refractivity (Wildman–Crippen MR) is 118 cm³/mol. The van der Waals surface area contributed by atoms with Crippen molar-refractivity contribution in [2.75, 3.05) is 18.2 Å². The molecule has 5 heteroatoms. The smallest absolute Gasteiger partial charge is 0.248 e. The van der Waals surface area contributed by atoms with E-state index in [0.717, 1.165) is 52.9 Å². The first-order chi connectivity index (χ1) is 14.1. The minimum atomic E-state index is 0.0166. The lowest BCUT2D eigenvalue weighted by atomic mass is 10.0. The zero-order chi connectivity index (χ0) is 20.8.